The van der Waals surface area contributed by atoms with Gasteiger partial charge in [-0.05, 0) is 56.5 Å². The van der Waals surface area contributed by atoms with E-state index in [1.807, 2.05) is 12.1 Å². The Kier molecular flexibility index (Phi) is 4.69. The molecule has 0 radical (unpaired) electrons. The van der Waals surface area contributed by atoms with Gasteiger partial charge in [-0.15, -0.1) is 0 Å². The standard InChI is InChI=1S/C23H24F2N4O2/c1-23(31)7-10-27(14-23)22(30)18-13-26-29-9-6-16(12-21(18)29)28-8-2-3-20(28)17-11-15(24)4-5-19(17)25/h4-6,9,11-13,20,31H,2-3,7-8,10,14H2,1H3/t20-,23?/m1/s1. The Morgan fingerprint density at radius 2 is 2.06 bits per heavy atom. The number of halogens is 2. The van der Waals surface area contributed by atoms with Gasteiger partial charge in [0.1, 0.15) is 11.6 Å². The highest BCUT2D eigenvalue weighted by molar-refractivity contribution is 6.01. The van der Waals surface area contributed by atoms with Crippen LogP contribution in [0.2, 0.25) is 0 Å². The first-order chi connectivity index (χ1) is 14.8. The number of benzene rings is 1. The molecule has 0 spiro atoms. The Labute approximate surface area is 178 Å². The van der Waals surface area contributed by atoms with Crippen LogP contribution >= 0.6 is 0 Å². The molecule has 1 unspecified atom stereocenters. The second-order valence-electron chi connectivity index (χ2n) is 8.76. The van der Waals surface area contributed by atoms with Gasteiger partial charge in [0.05, 0.1) is 28.9 Å². The van der Waals surface area contributed by atoms with Gasteiger partial charge in [0.2, 0.25) is 0 Å². The largest absolute Gasteiger partial charge is 0.388 e. The number of nitrogens with zero attached hydrogens (tertiary/aromatic N) is 4. The summed E-state index contributed by atoms with van der Waals surface area (Å²) in [6.45, 7) is 3.22. The number of carbonyl (C=O) groups is 1. The van der Waals surface area contributed by atoms with E-state index in [9.17, 15) is 18.7 Å². The van der Waals surface area contributed by atoms with Crippen LogP contribution in [0.3, 0.4) is 0 Å². The zero-order valence-electron chi connectivity index (χ0n) is 17.3. The summed E-state index contributed by atoms with van der Waals surface area (Å²) in [4.78, 5) is 16.8. The fourth-order valence-corrected chi connectivity index (χ4v) is 4.77. The zero-order chi connectivity index (χ0) is 21.8. The smallest absolute Gasteiger partial charge is 0.257 e. The van der Waals surface area contributed by atoms with Crippen molar-refractivity contribution in [2.75, 3.05) is 24.5 Å². The number of amides is 1. The Morgan fingerprint density at radius 1 is 1.23 bits per heavy atom. The molecule has 1 amide bonds. The topological polar surface area (TPSA) is 61.1 Å². The van der Waals surface area contributed by atoms with Crippen LogP contribution in [0.15, 0.2) is 42.7 Å². The van der Waals surface area contributed by atoms with Gasteiger partial charge in [0.25, 0.3) is 5.91 Å². The van der Waals surface area contributed by atoms with Crippen molar-refractivity contribution >= 4 is 17.1 Å². The summed E-state index contributed by atoms with van der Waals surface area (Å²) in [6, 6.07) is 7.06. The highest BCUT2D eigenvalue weighted by Gasteiger charge is 2.35. The van der Waals surface area contributed by atoms with Crippen LogP contribution < -0.4 is 4.90 Å². The molecular weight excluding hydrogens is 402 g/mol. The molecule has 0 aliphatic carbocycles. The van der Waals surface area contributed by atoms with Crippen LogP contribution in [0.5, 0.6) is 0 Å². The lowest BCUT2D eigenvalue weighted by Crippen LogP contribution is -2.33. The molecule has 31 heavy (non-hydrogen) atoms. The van der Waals surface area contributed by atoms with Crippen molar-refractivity contribution < 1.29 is 18.7 Å². The van der Waals surface area contributed by atoms with Crippen molar-refractivity contribution in [1.82, 2.24) is 14.5 Å². The second kappa shape index (κ2) is 7.30. The van der Waals surface area contributed by atoms with E-state index in [0.29, 0.717) is 36.2 Å². The first-order valence-electron chi connectivity index (χ1n) is 10.5. The summed E-state index contributed by atoms with van der Waals surface area (Å²) in [7, 11) is 0. The summed E-state index contributed by atoms with van der Waals surface area (Å²) in [5.74, 6) is -1.04. The van der Waals surface area contributed by atoms with E-state index in [0.717, 1.165) is 24.6 Å². The summed E-state index contributed by atoms with van der Waals surface area (Å²) in [5, 5.41) is 14.5. The number of carbonyl (C=O) groups excluding carboxylic acids is 1. The molecule has 0 bridgehead atoms. The van der Waals surface area contributed by atoms with Crippen molar-refractivity contribution in [3.05, 3.63) is 65.5 Å². The molecule has 162 valence electrons. The summed E-state index contributed by atoms with van der Waals surface area (Å²) >= 11 is 0. The lowest BCUT2D eigenvalue weighted by atomic mass is 10.0. The predicted molar refractivity (Wildman–Crippen MR) is 112 cm³/mol. The lowest BCUT2D eigenvalue weighted by Gasteiger charge is -2.27. The van der Waals surface area contributed by atoms with Gasteiger partial charge in [-0.3, -0.25) is 4.79 Å². The number of β-amino-alcohol motifs (C(OH)–C–C–N with tert-alkyl or cyclic N) is 1. The minimum absolute atomic E-state index is 0.168. The molecular formula is C23H24F2N4O2. The number of aliphatic hydroxyl groups is 1. The normalized spacial score (nSPS) is 23.8. The van der Waals surface area contributed by atoms with E-state index >= 15 is 0 Å². The molecule has 2 saturated heterocycles. The van der Waals surface area contributed by atoms with Crippen molar-refractivity contribution in [3.63, 3.8) is 0 Å². The van der Waals surface area contributed by atoms with Crippen molar-refractivity contribution in [3.8, 4) is 0 Å². The van der Waals surface area contributed by atoms with Gasteiger partial charge in [-0.25, -0.2) is 13.3 Å². The number of anilines is 1. The number of aromatic nitrogens is 2. The summed E-state index contributed by atoms with van der Waals surface area (Å²) in [5.41, 5.74) is 1.43. The lowest BCUT2D eigenvalue weighted by molar-refractivity contribution is 0.0573. The Hall–Kier alpha value is -3.00. The van der Waals surface area contributed by atoms with E-state index in [4.69, 9.17) is 0 Å². The van der Waals surface area contributed by atoms with Gasteiger partial charge in [-0.2, -0.15) is 5.10 Å². The Morgan fingerprint density at radius 3 is 2.84 bits per heavy atom. The third kappa shape index (κ3) is 3.54. The average molecular weight is 426 g/mol. The Bertz CT molecular complexity index is 1160. The summed E-state index contributed by atoms with van der Waals surface area (Å²) in [6.07, 6.45) is 5.44. The molecule has 6 nitrogen and oxygen atoms in total. The maximum absolute atomic E-state index is 14.4. The molecule has 1 N–H and O–H groups in total. The van der Waals surface area contributed by atoms with Crippen LogP contribution in [-0.2, 0) is 0 Å². The fourth-order valence-electron chi connectivity index (χ4n) is 4.77. The molecule has 2 atom stereocenters. The van der Waals surface area contributed by atoms with Crippen LogP contribution in [-0.4, -0.2) is 50.8 Å². The quantitative estimate of drug-likeness (QED) is 0.696. The SMILES string of the molecule is CC1(O)CCN(C(=O)c2cnn3ccc(N4CCC[C@@H]4c4cc(F)ccc4F)cc23)C1. The van der Waals surface area contributed by atoms with Crippen LogP contribution in [0.25, 0.3) is 5.52 Å². The number of hydrogen-bond donors (Lipinski definition) is 1. The minimum atomic E-state index is -0.873. The highest BCUT2D eigenvalue weighted by Crippen LogP contribution is 2.38. The number of hydrogen-bond acceptors (Lipinski definition) is 4. The molecule has 2 aliphatic rings. The van der Waals surface area contributed by atoms with Crippen LogP contribution in [0.1, 0.15) is 48.1 Å². The van der Waals surface area contributed by atoms with Gasteiger partial charge in [0.15, 0.2) is 0 Å². The van der Waals surface area contributed by atoms with Gasteiger partial charge < -0.3 is 14.9 Å². The molecule has 1 aromatic carbocycles. The third-order valence-corrected chi connectivity index (χ3v) is 6.38. The van der Waals surface area contributed by atoms with Crippen LogP contribution in [0, 0.1) is 11.6 Å². The van der Waals surface area contributed by atoms with Crippen LogP contribution in [0.4, 0.5) is 14.5 Å². The molecule has 8 heteroatoms. The number of fused-ring (bicyclic) bond motifs is 1. The van der Waals surface area contributed by atoms with Crippen molar-refractivity contribution in [2.24, 2.45) is 0 Å². The zero-order valence-corrected chi connectivity index (χ0v) is 17.3. The Balaban J connectivity index is 1.49. The number of likely N-dealkylation sites (tertiary alicyclic amines) is 1. The minimum Gasteiger partial charge on any atom is -0.388 e. The molecule has 2 fully saturated rings. The first-order valence-corrected chi connectivity index (χ1v) is 10.5. The van der Waals surface area contributed by atoms with E-state index in [1.54, 1.807) is 28.7 Å². The molecule has 0 saturated carbocycles. The maximum Gasteiger partial charge on any atom is 0.257 e. The van der Waals surface area contributed by atoms with Gasteiger partial charge in [-0.1, -0.05) is 0 Å². The number of pyridine rings is 1. The molecule has 2 aliphatic heterocycles. The average Bonchev–Trinajstić information content (AvgIpc) is 3.46. The fraction of sp³-hybridized carbons (Fsp3) is 0.391. The van der Waals surface area contributed by atoms with Crippen molar-refractivity contribution in [2.45, 2.75) is 37.8 Å². The molecule has 3 aromatic rings. The molecule has 2 aromatic heterocycles. The number of rotatable bonds is 3. The van der Waals surface area contributed by atoms with E-state index in [-0.39, 0.29) is 18.5 Å². The van der Waals surface area contributed by atoms with Gasteiger partial charge >= 0.3 is 0 Å². The monoisotopic (exact) mass is 426 g/mol. The van der Waals surface area contributed by atoms with Crippen molar-refractivity contribution in [1.29, 1.82) is 0 Å². The first kappa shape index (κ1) is 19.9. The second-order valence-corrected chi connectivity index (χ2v) is 8.76. The third-order valence-electron chi connectivity index (χ3n) is 6.38. The maximum atomic E-state index is 14.4. The molecule has 5 rings (SSSR count). The van der Waals surface area contributed by atoms with E-state index in [1.165, 1.54) is 12.1 Å². The summed E-state index contributed by atoms with van der Waals surface area (Å²) < 4.78 is 29.9. The highest BCUT2D eigenvalue weighted by atomic mass is 19.1. The van der Waals surface area contributed by atoms with E-state index in [2.05, 4.69) is 10.00 Å². The van der Waals surface area contributed by atoms with E-state index < -0.39 is 17.2 Å². The van der Waals surface area contributed by atoms with Gasteiger partial charge in [0, 0.05) is 37.1 Å². The molecule has 4 heterocycles. The predicted octanol–water partition coefficient (Wildman–Crippen LogP) is 3.55.